The Kier molecular flexibility index (Phi) is 7.50. The fourth-order valence-electron chi connectivity index (χ4n) is 2.14. The first-order chi connectivity index (χ1) is 12.5. The fraction of sp³-hybridized carbons (Fsp3) is 0.333. The molecule has 2 aromatic carbocycles. The quantitative estimate of drug-likeness (QED) is 0.351. The van der Waals surface area contributed by atoms with Gasteiger partial charge < -0.3 is 18.9 Å². The van der Waals surface area contributed by atoms with E-state index >= 15 is 0 Å². The molecular weight excluding hydrogens is 362 g/mol. The fourth-order valence-corrected chi connectivity index (χ4v) is 2.37. The maximum Gasteiger partial charge on any atom is 0.271 e. The zero-order chi connectivity index (χ0) is 18.9. The van der Waals surface area contributed by atoms with Gasteiger partial charge in [0.1, 0.15) is 19.0 Å². The maximum absolute atomic E-state index is 10.7. The number of aryl methyl sites for hydroxylation is 1. The summed E-state index contributed by atoms with van der Waals surface area (Å²) in [6.45, 7) is 3.34. The van der Waals surface area contributed by atoms with E-state index in [0.717, 1.165) is 5.56 Å². The first-order valence-electron chi connectivity index (χ1n) is 7.93. The molecule has 8 heteroatoms. The number of hydrogen-bond donors (Lipinski definition) is 0. The minimum Gasteiger partial charge on any atom is -0.493 e. The normalized spacial score (nSPS) is 10.4. The van der Waals surface area contributed by atoms with Gasteiger partial charge in [-0.25, -0.2) is 0 Å². The van der Waals surface area contributed by atoms with Gasteiger partial charge in [0, 0.05) is 12.1 Å². The van der Waals surface area contributed by atoms with Crippen LogP contribution in [0.4, 0.5) is 5.69 Å². The first-order valence-corrected chi connectivity index (χ1v) is 8.31. The van der Waals surface area contributed by atoms with E-state index in [-0.39, 0.29) is 17.3 Å². The maximum atomic E-state index is 10.7. The predicted molar refractivity (Wildman–Crippen MR) is 97.6 cm³/mol. The van der Waals surface area contributed by atoms with Gasteiger partial charge in [-0.15, -0.1) is 0 Å². The van der Waals surface area contributed by atoms with Gasteiger partial charge in [0.05, 0.1) is 30.3 Å². The third-order valence-corrected chi connectivity index (χ3v) is 3.71. The molecule has 26 heavy (non-hydrogen) atoms. The summed E-state index contributed by atoms with van der Waals surface area (Å²) in [5, 5.41) is 10.8. The third-order valence-electron chi connectivity index (χ3n) is 3.42. The van der Waals surface area contributed by atoms with E-state index in [9.17, 15) is 10.1 Å². The lowest BCUT2D eigenvalue weighted by Gasteiger charge is -2.12. The van der Waals surface area contributed by atoms with Crippen molar-refractivity contribution in [2.24, 2.45) is 0 Å². The average Bonchev–Trinajstić information content (AvgIpc) is 2.62. The molecule has 0 saturated heterocycles. The van der Waals surface area contributed by atoms with Gasteiger partial charge in [-0.1, -0.05) is 17.7 Å². The van der Waals surface area contributed by atoms with E-state index in [1.807, 2.05) is 25.1 Å². The van der Waals surface area contributed by atoms with Crippen molar-refractivity contribution in [1.82, 2.24) is 0 Å². The highest BCUT2D eigenvalue weighted by atomic mass is 35.5. The molecule has 2 rings (SSSR count). The number of rotatable bonds is 10. The summed E-state index contributed by atoms with van der Waals surface area (Å²) in [4.78, 5) is 10.1. The molecule has 0 spiro atoms. The first kappa shape index (κ1) is 19.8. The molecule has 2 aromatic rings. The van der Waals surface area contributed by atoms with Crippen molar-refractivity contribution in [2.45, 2.75) is 6.92 Å². The number of nitro benzene ring substituents is 1. The average molecular weight is 382 g/mol. The largest absolute Gasteiger partial charge is 0.493 e. The summed E-state index contributed by atoms with van der Waals surface area (Å²) in [5.41, 5.74) is 1.01. The van der Waals surface area contributed by atoms with E-state index in [4.69, 9.17) is 30.5 Å². The molecule has 0 radical (unpaired) electrons. The molecular formula is C18H20ClNO6. The summed E-state index contributed by atoms with van der Waals surface area (Å²) >= 11 is 5.94. The van der Waals surface area contributed by atoms with Crippen LogP contribution in [0.1, 0.15) is 5.56 Å². The van der Waals surface area contributed by atoms with Crippen molar-refractivity contribution in [1.29, 1.82) is 0 Å². The van der Waals surface area contributed by atoms with Crippen LogP contribution in [0.5, 0.6) is 17.2 Å². The number of non-ortho nitro benzene ring substituents is 1. The molecule has 0 aliphatic heterocycles. The Morgan fingerprint density at radius 3 is 2.23 bits per heavy atom. The second kappa shape index (κ2) is 9.84. The lowest BCUT2D eigenvalue weighted by atomic mass is 10.2. The van der Waals surface area contributed by atoms with Crippen molar-refractivity contribution < 1.29 is 23.9 Å². The van der Waals surface area contributed by atoms with Crippen molar-refractivity contribution >= 4 is 17.3 Å². The van der Waals surface area contributed by atoms with Gasteiger partial charge in [-0.2, -0.15) is 0 Å². The topological polar surface area (TPSA) is 80.1 Å². The number of hydrogen-bond acceptors (Lipinski definition) is 6. The van der Waals surface area contributed by atoms with Gasteiger partial charge in [0.15, 0.2) is 11.5 Å². The zero-order valence-electron chi connectivity index (χ0n) is 14.6. The Labute approximate surface area is 156 Å². The van der Waals surface area contributed by atoms with Gasteiger partial charge in [-0.3, -0.25) is 10.1 Å². The van der Waals surface area contributed by atoms with Crippen LogP contribution in [0.25, 0.3) is 0 Å². The Morgan fingerprint density at radius 2 is 1.62 bits per heavy atom. The zero-order valence-corrected chi connectivity index (χ0v) is 15.3. The van der Waals surface area contributed by atoms with E-state index in [2.05, 4.69) is 0 Å². The molecule has 7 nitrogen and oxygen atoms in total. The minimum absolute atomic E-state index is 0.0812. The summed E-state index contributed by atoms with van der Waals surface area (Å²) in [7, 11) is 1.60. The van der Waals surface area contributed by atoms with E-state index in [1.165, 1.54) is 18.2 Å². The van der Waals surface area contributed by atoms with Gasteiger partial charge >= 0.3 is 0 Å². The van der Waals surface area contributed by atoms with E-state index in [1.54, 1.807) is 7.11 Å². The Bertz CT molecular complexity index is 752. The molecule has 0 heterocycles. The molecule has 140 valence electrons. The van der Waals surface area contributed by atoms with Crippen LogP contribution in [-0.2, 0) is 4.74 Å². The SMILES string of the molecule is COc1cc(C)ccc1OCCOCCOc1ccc([N+](=O)[O-])cc1Cl. The number of nitro groups is 1. The Hall–Kier alpha value is -2.51. The molecule has 0 bridgehead atoms. The number of halogens is 1. The molecule has 0 fully saturated rings. The van der Waals surface area contributed by atoms with Crippen molar-refractivity contribution in [3.05, 3.63) is 57.1 Å². The molecule has 0 aromatic heterocycles. The highest BCUT2D eigenvalue weighted by Gasteiger charge is 2.10. The second-order valence-corrected chi connectivity index (χ2v) is 5.74. The van der Waals surface area contributed by atoms with Crippen molar-refractivity contribution in [3.8, 4) is 17.2 Å². The van der Waals surface area contributed by atoms with Gasteiger partial charge in [0.2, 0.25) is 0 Å². The van der Waals surface area contributed by atoms with E-state index in [0.29, 0.717) is 37.1 Å². The molecule has 0 unspecified atom stereocenters. The lowest BCUT2D eigenvalue weighted by molar-refractivity contribution is -0.384. The Balaban J connectivity index is 1.66. The number of nitrogens with zero attached hydrogens (tertiary/aromatic N) is 1. The van der Waals surface area contributed by atoms with Crippen LogP contribution in [0.3, 0.4) is 0 Å². The summed E-state index contributed by atoms with van der Waals surface area (Å²) in [5.74, 6) is 1.72. The third kappa shape index (κ3) is 5.79. The van der Waals surface area contributed by atoms with Gasteiger partial charge in [-0.05, 0) is 30.7 Å². The van der Waals surface area contributed by atoms with E-state index < -0.39 is 4.92 Å². The van der Waals surface area contributed by atoms with Crippen molar-refractivity contribution in [2.75, 3.05) is 33.5 Å². The predicted octanol–water partition coefficient (Wildman–Crippen LogP) is 4.04. The van der Waals surface area contributed by atoms with Crippen LogP contribution in [0, 0.1) is 17.0 Å². The number of methoxy groups -OCH3 is 1. The van der Waals surface area contributed by atoms with Crippen molar-refractivity contribution in [3.63, 3.8) is 0 Å². The number of benzene rings is 2. The molecule has 0 aliphatic carbocycles. The molecule has 0 saturated carbocycles. The summed E-state index contributed by atoms with van der Waals surface area (Å²) < 4.78 is 21.8. The molecule has 0 N–H and O–H groups in total. The summed E-state index contributed by atoms with van der Waals surface area (Å²) in [6, 6.07) is 9.75. The van der Waals surface area contributed by atoms with Gasteiger partial charge in [0.25, 0.3) is 5.69 Å². The standard InChI is InChI=1S/C18H20ClNO6/c1-13-3-5-17(18(11-13)23-2)26-10-8-24-7-9-25-16-6-4-14(20(21)22)12-15(16)19/h3-6,11-12H,7-10H2,1-2H3. The van der Waals surface area contributed by atoms with Crippen LogP contribution in [-0.4, -0.2) is 38.5 Å². The van der Waals surface area contributed by atoms with Crippen LogP contribution in [0.2, 0.25) is 5.02 Å². The monoisotopic (exact) mass is 381 g/mol. The van der Waals surface area contributed by atoms with Crippen LogP contribution in [0.15, 0.2) is 36.4 Å². The highest BCUT2D eigenvalue weighted by molar-refractivity contribution is 6.32. The summed E-state index contributed by atoms with van der Waals surface area (Å²) in [6.07, 6.45) is 0. The lowest BCUT2D eigenvalue weighted by Crippen LogP contribution is -2.12. The smallest absolute Gasteiger partial charge is 0.271 e. The highest BCUT2D eigenvalue weighted by Crippen LogP contribution is 2.29. The van der Waals surface area contributed by atoms with Crippen LogP contribution >= 0.6 is 11.6 Å². The Morgan fingerprint density at radius 1 is 0.962 bits per heavy atom. The molecule has 0 atom stereocenters. The minimum atomic E-state index is -0.512. The number of ether oxygens (including phenoxy) is 4. The molecule has 0 aliphatic rings. The second-order valence-electron chi connectivity index (χ2n) is 5.34. The van der Waals surface area contributed by atoms with Crippen LogP contribution < -0.4 is 14.2 Å². The molecule has 0 amide bonds.